The van der Waals surface area contributed by atoms with Crippen LogP contribution in [0.15, 0.2) is 84.5 Å². The van der Waals surface area contributed by atoms with Gasteiger partial charge in [-0.15, -0.1) is 0 Å². The van der Waals surface area contributed by atoms with E-state index in [4.69, 9.17) is 5.73 Å². The molecule has 2 aliphatic carbocycles. The number of carbonyl (C=O) groups is 2. The fraction of sp³-hybridized carbons (Fsp3) is 0.440. The number of phenols is 4. The fourth-order valence-corrected chi connectivity index (χ4v) is 8.16. The number of unbranched alkanes of at least 4 members (excludes halogenated alkanes) is 4. The SMILES string of the molecule is CCCCCc1cc(O)c(C2C=C(C)CCC2)c(O)c1C(=O)NCc1cccnc1.CCCCCc1cc(O)c(C2C=C(C)CCC2)c(O)c1C(=O)O.NCc1cccnc1. The van der Waals surface area contributed by atoms with Crippen LogP contribution in [0.4, 0.5) is 0 Å². The maximum absolute atomic E-state index is 13.1. The van der Waals surface area contributed by atoms with Crippen molar-refractivity contribution in [3.05, 3.63) is 129 Å². The molecule has 2 aromatic carbocycles. The summed E-state index contributed by atoms with van der Waals surface area (Å²) in [6.07, 6.45) is 23.8. The average molecular weight is 835 g/mol. The Bertz CT molecular complexity index is 2100. The molecule has 8 N–H and O–H groups in total. The first-order valence-electron chi connectivity index (χ1n) is 21.9. The third-order valence-electron chi connectivity index (χ3n) is 11.4. The molecule has 1 amide bonds. The molecule has 2 unspecified atom stereocenters. The number of amides is 1. The Hall–Kier alpha value is -5.68. The zero-order valence-corrected chi connectivity index (χ0v) is 36.4. The first-order chi connectivity index (χ1) is 29.4. The molecule has 4 aromatic rings. The monoisotopic (exact) mass is 834 g/mol. The molecule has 11 heteroatoms. The molecular weight excluding hydrogens is 769 g/mol. The minimum absolute atomic E-state index is 0.00921. The second-order valence-electron chi connectivity index (χ2n) is 16.2. The summed E-state index contributed by atoms with van der Waals surface area (Å²) in [5.74, 6) is -1.90. The van der Waals surface area contributed by atoms with Gasteiger partial charge in [0.05, 0.1) is 5.56 Å². The van der Waals surface area contributed by atoms with Crippen LogP contribution in [0.25, 0.3) is 0 Å². The van der Waals surface area contributed by atoms with Crippen molar-refractivity contribution in [1.82, 2.24) is 15.3 Å². The Morgan fingerprint density at radius 2 is 1.20 bits per heavy atom. The largest absolute Gasteiger partial charge is 0.507 e. The summed E-state index contributed by atoms with van der Waals surface area (Å²) >= 11 is 0. The lowest BCUT2D eigenvalue weighted by molar-refractivity contribution is 0.0691. The molecule has 328 valence electrons. The van der Waals surface area contributed by atoms with Crippen LogP contribution < -0.4 is 11.1 Å². The molecule has 6 rings (SSSR count). The van der Waals surface area contributed by atoms with Crippen LogP contribution in [-0.2, 0) is 25.9 Å². The van der Waals surface area contributed by atoms with Gasteiger partial charge >= 0.3 is 5.97 Å². The molecule has 61 heavy (non-hydrogen) atoms. The summed E-state index contributed by atoms with van der Waals surface area (Å²) in [6, 6.07) is 10.8. The zero-order chi connectivity index (χ0) is 44.3. The summed E-state index contributed by atoms with van der Waals surface area (Å²) < 4.78 is 0. The van der Waals surface area contributed by atoms with Crippen molar-refractivity contribution < 1.29 is 35.1 Å². The Morgan fingerprint density at radius 1 is 0.721 bits per heavy atom. The van der Waals surface area contributed by atoms with E-state index >= 15 is 0 Å². The smallest absolute Gasteiger partial charge is 0.339 e. The predicted octanol–water partition coefficient (Wildman–Crippen LogP) is 10.7. The van der Waals surface area contributed by atoms with Crippen molar-refractivity contribution in [3.63, 3.8) is 0 Å². The summed E-state index contributed by atoms with van der Waals surface area (Å²) in [6.45, 7) is 9.20. The van der Waals surface area contributed by atoms with Gasteiger partial charge in [0, 0.05) is 60.8 Å². The number of carbonyl (C=O) groups excluding carboxylic acids is 1. The number of carboxylic acids is 1. The van der Waals surface area contributed by atoms with Crippen LogP contribution in [-0.4, -0.2) is 47.4 Å². The number of aromatic carboxylic acids is 1. The van der Waals surface area contributed by atoms with Gasteiger partial charge in [0.2, 0.25) is 0 Å². The summed E-state index contributed by atoms with van der Waals surface area (Å²) in [4.78, 5) is 32.7. The minimum Gasteiger partial charge on any atom is -0.507 e. The second kappa shape index (κ2) is 24.5. The number of phenolic OH excluding ortho intramolecular Hbond substituents is 3. The quantitative estimate of drug-likeness (QED) is 0.0447. The average Bonchev–Trinajstić information content (AvgIpc) is 3.24. The van der Waals surface area contributed by atoms with E-state index in [0.717, 1.165) is 88.2 Å². The summed E-state index contributed by atoms with van der Waals surface area (Å²) in [5, 5.41) is 55.3. The maximum atomic E-state index is 13.1. The number of allylic oxidation sites excluding steroid dienone is 4. The van der Waals surface area contributed by atoms with Crippen molar-refractivity contribution in [2.75, 3.05) is 0 Å². The van der Waals surface area contributed by atoms with Gasteiger partial charge in [0.1, 0.15) is 28.6 Å². The predicted molar refractivity (Wildman–Crippen MR) is 241 cm³/mol. The third-order valence-corrected chi connectivity index (χ3v) is 11.4. The number of hydrogen-bond acceptors (Lipinski definition) is 9. The number of carboxylic acid groups (broad SMARTS) is 1. The normalized spacial score (nSPS) is 15.9. The highest BCUT2D eigenvalue weighted by Gasteiger charge is 2.29. The number of benzene rings is 2. The number of hydrogen-bond donors (Lipinski definition) is 7. The topological polar surface area (TPSA) is 199 Å². The number of nitrogens with one attached hydrogen (secondary N) is 1. The lowest BCUT2D eigenvalue weighted by Gasteiger charge is -2.24. The number of nitrogens with zero attached hydrogens (tertiary/aromatic N) is 2. The van der Waals surface area contributed by atoms with E-state index < -0.39 is 5.97 Å². The van der Waals surface area contributed by atoms with Crippen molar-refractivity contribution in [2.45, 2.75) is 143 Å². The molecule has 0 saturated heterocycles. The lowest BCUT2D eigenvalue weighted by atomic mass is 9.83. The molecule has 0 radical (unpaired) electrons. The second-order valence-corrected chi connectivity index (χ2v) is 16.2. The van der Waals surface area contributed by atoms with E-state index in [9.17, 15) is 35.1 Å². The Labute approximate surface area is 361 Å². The summed E-state index contributed by atoms with van der Waals surface area (Å²) in [5.41, 5.74) is 12.0. The molecule has 0 aliphatic heterocycles. The van der Waals surface area contributed by atoms with Gasteiger partial charge in [-0.05, 0) is 125 Å². The van der Waals surface area contributed by atoms with Crippen LogP contribution in [0.2, 0.25) is 0 Å². The number of aromatic hydroxyl groups is 4. The molecule has 2 aromatic heterocycles. The van der Waals surface area contributed by atoms with Gasteiger partial charge in [-0.1, -0.05) is 75.0 Å². The van der Waals surface area contributed by atoms with Gasteiger partial charge in [-0.2, -0.15) is 0 Å². The highest BCUT2D eigenvalue weighted by Crippen LogP contribution is 2.45. The van der Waals surface area contributed by atoms with E-state index in [2.05, 4.69) is 42.1 Å². The standard InChI is InChI=1S/C25H32N2O3.C19H26O4.C6H8N2/c1-3-4-5-10-20-14-21(28)22(19-11-6-8-17(2)13-19)24(29)23(20)25(30)27-16-18-9-7-12-26-15-18;1-3-4-5-8-14-11-15(20)16(18(21)17(14)19(22)23)13-9-6-7-12(2)10-13;7-4-6-2-1-3-8-5-6/h7,9,12-15,19,28-29H,3-6,8,10-11,16H2,1-2H3,(H,27,30);10-11,13,20-21H,3-9H2,1-2H3,(H,22,23);1-3,5H,4,7H2. The van der Waals surface area contributed by atoms with Gasteiger partial charge < -0.3 is 36.6 Å². The van der Waals surface area contributed by atoms with Crippen LogP contribution >= 0.6 is 0 Å². The molecule has 0 saturated carbocycles. The third kappa shape index (κ3) is 13.9. The lowest BCUT2D eigenvalue weighted by Crippen LogP contribution is -2.25. The van der Waals surface area contributed by atoms with Crippen molar-refractivity contribution in [3.8, 4) is 23.0 Å². The summed E-state index contributed by atoms with van der Waals surface area (Å²) in [7, 11) is 0. The number of aryl methyl sites for hydroxylation is 2. The van der Waals surface area contributed by atoms with E-state index in [1.54, 1.807) is 30.9 Å². The molecule has 0 spiro atoms. The Balaban J connectivity index is 0.000000232. The van der Waals surface area contributed by atoms with Crippen molar-refractivity contribution in [2.24, 2.45) is 5.73 Å². The molecular formula is C50H66N4O7. The van der Waals surface area contributed by atoms with Crippen LogP contribution in [0.1, 0.15) is 171 Å². The Kier molecular flexibility index (Phi) is 19.3. The van der Waals surface area contributed by atoms with Gasteiger partial charge in [-0.25, -0.2) is 4.79 Å². The van der Waals surface area contributed by atoms with Crippen molar-refractivity contribution >= 4 is 11.9 Å². The van der Waals surface area contributed by atoms with Gasteiger partial charge in [-0.3, -0.25) is 14.8 Å². The van der Waals surface area contributed by atoms with Crippen LogP contribution in [0.3, 0.4) is 0 Å². The first kappa shape index (κ1) is 48.0. The van der Waals surface area contributed by atoms with E-state index in [-0.39, 0.29) is 46.3 Å². The number of nitrogens with two attached hydrogens (primary N) is 1. The molecule has 2 heterocycles. The van der Waals surface area contributed by atoms with E-state index in [1.807, 2.05) is 37.3 Å². The minimum atomic E-state index is -1.13. The highest BCUT2D eigenvalue weighted by molar-refractivity contribution is 5.99. The Morgan fingerprint density at radius 3 is 1.61 bits per heavy atom. The molecule has 0 bridgehead atoms. The van der Waals surface area contributed by atoms with E-state index in [0.29, 0.717) is 53.7 Å². The highest BCUT2D eigenvalue weighted by atomic mass is 16.4. The molecule has 11 nitrogen and oxygen atoms in total. The number of rotatable bonds is 15. The molecule has 2 atom stereocenters. The van der Waals surface area contributed by atoms with Crippen LogP contribution in [0.5, 0.6) is 23.0 Å². The fourth-order valence-electron chi connectivity index (χ4n) is 8.16. The number of pyridine rings is 2. The molecule has 0 fully saturated rings. The maximum Gasteiger partial charge on any atom is 0.339 e. The first-order valence-corrected chi connectivity index (χ1v) is 21.9. The van der Waals surface area contributed by atoms with Gasteiger partial charge in [0.25, 0.3) is 5.91 Å². The molecule has 2 aliphatic rings. The van der Waals surface area contributed by atoms with Gasteiger partial charge in [0.15, 0.2) is 0 Å². The van der Waals surface area contributed by atoms with E-state index in [1.165, 1.54) is 17.2 Å². The van der Waals surface area contributed by atoms with Crippen LogP contribution in [0, 0.1) is 0 Å². The van der Waals surface area contributed by atoms with Crippen molar-refractivity contribution in [1.29, 1.82) is 0 Å². The zero-order valence-electron chi connectivity index (χ0n) is 36.4. The number of aromatic nitrogens is 2.